The third-order valence-corrected chi connectivity index (χ3v) is 6.85. The van der Waals surface area contributed by atoms with Gasteiger partial charge in [-0.1, -0.05) is 60.7 Å². The van der Waals surface area contributed by atoms with Crippen molar-refractivity contribution in [2.45, 2.75) is 0 Å². The number of benzene rings is 4. The van der Waals surface area contributed by atoms with Crippen molar-refractivity contribution in [2.24, 2.45) is 0 Å². The SMILES string of the molecule is N#Cc1ccc(-c2cc(-c3ccc4oc5ccccc5c4c3)nc(-c3ccc(-c4cccnc4)cc3)n2)cc1. The summed E-state index contributed by atoms with van der Waals surface area (Å²) in [6.07, 6.45) is 3.62. The average molecular weight is 501 g/mol. The van der Waals surface area contributed by atoms with Crippen LogP contribution in [0.3, 0.4) is 0 Å². The van der Waals surface area contributed by atoms with Crippen LogP contribution in [-0.2, 0) is 0 Å². The molecule has 0 radical (unpaired) electrons. The number of hydrogen-bond acceptors (Lipinski definition) is 5. The van der Waals surface area contributed by atoms with Crippen LogP contribution in [0.1, 0.15) is 5.56 Å². The minimum Gasteiger partial charge on any atom is -0.456 e. The molecule has 0 aliphatic rings. The molecule has 0 spiro atoms. The quantitative estimate of drug-likeness (QED) is 0.243. The molecule has 5 nitrogen and oxygen atoms in total. The zero-order valence-electron chi connectivity index (χ0n) is 20.7. The molecule has 0 aliphatic carbocycles. The highest BCUT2D eigenvalue weighted by Crippen LogP contribution is 2.34. The van der Waals surface area contributed by atoms with E-state index in [1.807, 2.05) is 91.1 Å². The number of rotatable bonds is 4. The topological polar surface area (TPSA) is 75.6 Å². The Kier molecular flexibility index (Phi) is 5.42. The van der Waals surface area contributed by atoms with Gasteiger partial charge in [0.1, 0.15) is 11.2 Å². The summed E-state index contributed by atoms with van der Waals surface area (Å²) in [5.74, 6) is 0.627. The molecular formula is C34H20N4O. The third kappa shape index (κ3) is 4.20. The van der Waals surface area contributed by atoms with E-state index in [1.54, 1.807) is 6.20 Å². The molecule has 5 heteroatoms. The van der Waals surface area contributed by atoms with Gasteiger partial charge < -0.3 is 4.42 Å². The maximum Gasteiger partial charge on any atom is 0.160 e. The van der Waals surface area contributed by atoms with E-state index in [0.29, 0.717) is 11.4 Å². The Morgan fingerprint density at radius 1 is 0.564 bits per heavy atom. The number of hydrogen-bond donors (Lipinski definition) is 0. The highest BCUT2D eigenvalue weighted by Gasteiger charge is 2.13. The molecule has 39 heavy (non-hydrogen) atoms. The molecule has 0 N–H and O–H groups in total. The van der Waals surface area contributed by atoms with E-state index in [9.17, 15) is 5.26 Å². The average Bonchev–Trinajstić information content (AvgIpc) is 3.39. The van der Waals surface area contributed by atoms with Crippen LogP contribution < -0.4 is 0 Å². The lowest BCUT2D eigenvalue weighted by Crippen LogP contribution is -1.96. The number of furan rings is 1. The number of aromatic nitrogens is 3. The van der Waals surface area contributed by atoms with Crippen molar-refractivity contribution in [1.29, 1.82) is 5.26 Å². The van der Waals surface area contributed by atoms with Gasteiger partial charge in [-0.3, -0.25) is 4.98 Å². The summed E-state index contributed by atoms with van der Waals surface area (Å²) in [7, 11) is 0. The van der Waals surface area contributed by atoms with Crippen molar-refractivity contribution in [2.75, 3.05) is 0 Å². The Balaban J connectivity index is 1.37. The van der Waals surface area contributed by atoms with Crippen molar-refractivity contribution in [3.05, 3.63) is 127 Å². The molecule has 0 bridgehead atoms. The first-order valence-corrected chi connectivity index (χ1v) is 12.6. The van der Waals surface area contributed by atoms with Gasteiger partial charge in [-0.05, 0) is 59.7 Å². The van der Waals surface area contributed by atoms with Gasteiger partial charge in [0.25, 0.3) is 0 Å². The Labute approximate surface area is 224 Å². The number of nitrogens with zero attached hydrogens (tertiary/aromatic N) is 4. The summed E-state index contributed by atoms with van der Waals surface area (Å²) < 4.78 is 6.04. The molecule has 3 aromatic heterocycles. The van der Waals surface area contributed by atoms with Crippen molar-refractivity contribution in [3.8, 4) is 51.1 Å². The number of fused-ring (bicyclic) bond motifs is 3. The zero-order valence-corrected chi connectivity index (χ0v) is 20.7. The van der Waals surface area contributed by atoms with E-state index in [-0.39, 0.29) is 0 Å². The monoisotopic (exact) mass is 500 g/mol. The molecule has 3 heterocycles. The Bertz CT molecular complexity index is 2000. The van der Waals surface area contributed by atoms with Gasteiger partial charge in [-0.25, -0.2) is 9.97 Å². The molecule has 0 atom stereocenters. The van der Waals surface area contributed by atoms with Crippen LogP contribution >= 0.6 is 0 Å². The van der Waals surface area contributed by atoms with Gasteiger partial charge in [-0.15, -0.1) is 0 Å². The second-order valence-corrected chi connectivity index (χ2v) is 9.28. The maximum atomic E-state index is 9.25. The first-order valence-electron chi connectivity index (χ1n) is 12.6. The van der Waals surface area contributed by atoms with E-state index >= 15 is 0 Å². The summed E-state index contributed by atoms with van der Waals surface area (Å²) in [5.41, 5.74) is 8.83. The van der Waals surface area contributed by atoms with Crippen LogP contribution in [0.25, 0.3) is 67.0 Å². The van der Waals surface area contributed by atoms with Crippen LogP contribution in [0, 0.1) is 11.3 Å². The summed E-state index contributed by atoms with van der Waals surface area (Å²) >= 11 is 0. The zero-order chi connectivity index (χ0) is 26.2. The first kappa shape index (κ1) is 22.6. The Morgan fingerprint density at radius 2 is 1.26 bits per heavy atom. The van der Waals surface area contributed by atoms with Crippen molar-refractivity contribution in [3.63, 3.8) is 0 Å². The molecule has 7 aromatic rings. The molecular weight excluding hydrogens is 480 g/mol. The fourth-order valence-electron chi connectivity index (χ4n) is 4.82. The lowest BCUT2D eigenvalue weighted by Gasteiger charge is -2.10. The summed E-state index contributed by atoms with van der Waals surface area (Å²) in [4.78, 5) is 14.2. The van der Waals surface area contributed by atoms with Crippen LogP contribution in [0.5, 0.6) is 0 Å². The molecule has 0 fully saturated rings. The lowest BCUT2D eigenvalue weighted by atomic mass is 10.0. The minimum atomic E-state index is 0.608. The second-order valence-electron chi connectivity index (χ2n) is 9.28. The largest absolute Gasteiger partial charge is 0.456 e. The van der Waals surface area contributed by atoms with Gasteiger partial charge in [0, 0.05) is 39.9 Å². The first-order chi connectivity index (χ1) is 19.2. The van der Waals surface area contributed by atoms with Gasteiger partial charge in [-0.2, -0.15) is 5.26 Å². The minimum absolute atomic E-state index is 0.608. The predicted molar refractivity (Wildman–Crippen MR) is 154 cm³/mol. The van der Waals surface area contributed by atoms with Gasteiger partial charge >= 0.3 is 0 Å². The fourth-order valence-corrected chi connectivity index (χ4v) is 4.82. The number of nitriles is 1. The van der Waals surface area contributed by atoms with Crippen molar-refractivity contribution >= 4 is 21.9 Å². The van der Waals surface area contributed by atoms with Crippen molar-refractivity contribution < 1.29 is 4.42 Å². The normalized spacial score (nSPS) is 11.1. The fraction of sp³-hybridized carbons (Fsp3) is 0. The van der Waals surface area contributed by atoms with E-state index in [0.717, 1.165) is 61.1 Å². The molecule has 4 aromatic carbocycles. The second kappa shape index (κ2) is 9.37. The van der Waals surface area contributed by atoms with Crippen molar-refractivity contribution in [1.82, 2.24) is 15.0 Å². The number of pyridine rings is 1. The number of para-hydroxylation sites is 1. The summed E-state index contributed by atoms with van der Waals surface area (Å²) in [5, 5.41) is 11.4. The highest BCUT2D eigenvalue weighted by atomic mass is 16.3. The lowest BCUT2D eigenvalue weighted by molar-refractivity contribution is 0.669. The predicted octanol–water partition coefficient (Wildman–Crippen LogP) is 8.31. The molecule has 0 aliphatic heterocycles. The van der Waals surface area contributed by atoms with E-state index in [4.69, 9.17) is 14.4 Å². The summed E-state index contributed by atoms with van der Waals surface area (Å²) in [6.45, 7) is 0. The molecule has 0 unspecified atom stereocenters. The van der Waals surface area contributed by atoms with E-state index in [1.165, 1.54) is 0 Å². The Morgan fingerprint density at radius 3 is 2.03 bits per heavy atom. The molecule has 0 saturated heterocycles. The highest BCUT2D eigenvalue weighted by molar-refractivity contribution is 6.06. The van der Waals surface area contributed by atoms with Crippen LogP contribution in [0.2, 0.25) is 0 Å². The summed E-state index contributed by atoms with van der Waals surface area (Å²) in [6, 6.07) is 38.0. The van der Waals surface area contributed by atoms with Crippen LogP contribution in [0.4, 0.5) is 0 Å². The third-order valence-electron chi connectivity index (χ3n) is 6.85. The molecule has 182 valence electrons. The van der Waals surface area contributed by atoms with Crippen LogP contribution in [-0.4, -0.2) is 15.0 Å². The maximum absolute atomic E-state index is 9.25. The van der Waals surface area contributed by atoms with Gasteiger partial charge in [0.15, 0.2) is 5.82 Å². The van der Waals surface area contributed by atoms with E-state index < -0.39 is 0 Å². The van der Waals surface area contributed by atoms with Gasteiger partial charge in [0.2, 0.25) is 0 Å². The molecule has 0 saturated carbocycles. The smallest absolute Gasteiger partial charge is 0.160 e. The van der Waals surface area contributed by atoms with Crippen LogP contribution in [0.15, 0.2) is 126 Å². The Hall–Kier alpha value is -5.60. The van der Waals surface area contributed by atoms with E-state index in [2.05, 4.69) is 35.3 Å². The standard InChI is InChI=1S/C34H20N4O/c35-20-22-7-9-24(10-8-22)30-19-31(26-15-16-33-29(18-26)28-5-1-2-6-32(28)39-33)38-34(37-30)25-13-11-23(12-14-25)27-4-3-17-36-21-27/h1-19,21H. The molecule has 7 rings (SSSR count). The molecule has 0 amide bonds. The van der Waals surface area contributed by atoms with Gasteiger partial charge in [0.05, 0.1) is 23.0 Å².